The number of pyridine rings is 1. The third-order valence-corrected chi connectivity index (χ3v) is 4.55. The Labute approximate surface area is 154 Å². The summed E-state index contributed by atoms with van der Waals surface area (Å²) >= 11 is 5.79. The molecule has 0 atom stereocenters. The molecule has 0 radical (unpaired) electrons. The number of nitrogens with zero attached hydrogens (tertiary/aromatic N) is 3. The third-order valence-electron chi connectivity index (χ3n) is 4.26. The Kier molecular flexibility index (Phi) is 4.82. The summed E-state index contributed by atoms with van der Waals surface area (Å²) in [7, 11) is 3.19. The predicted octanol–water partition coefficient (Wildman–Crippen LogP) is 2.48. The van der Waals surface area contributed by atoms with E-state index in [1.54, 1.807) is 20.2 Å². The molecule has 1 aromatic carbocycles. The van der Waals surface area contributed by atoms with Gasteiger partial charge in [-0.2, -0.15) is 0 Å². The number of halogens is 2. The van der Waals surface area contributed by atoms with Gasteiger partial charge in [-0.05, 0) is 24.1 Å². The van der Waals surface area contributed by atoms with Crippen molar-refractivity contribution in [2.45, 2.75) is 13.0 Å². The monoisotopic (exact) mass is 377 g/mol. The highest BCUT2D eigenvalue weighted by Gasteiger charge is 2.32. The first kappa shape index (κ1) is 18.1. The molecule has 2 heterocycles. The van der Waals surface area contributed by atoms with E-state index >= 15 is 0 Å². The molecular formula is C18H17ClFN3O3. The maximum absolute atomic E-state index is 13.3. The average Bonchev–Trinajstić information content (AvgIpc) is 2.60. The van der Waals surface area contributed by atoms with E-state index in [1.165, 1.54) is 21.9 Å². The summed E-state index contributed by atoms with van der Waals surface area (Å²) in [6.45, 7) is 0.566. The summed E-state index contributed by atoms with van der Waals surface area (Å²) in [4.78, 5) is 32.0. The Morgan fingerprint density at radius 1 is 1.42 bits per heavy atom. The second-order valence-electron chi connectivity index (χ2n) is 6.27. The molecule has 2 aromatic rings. The largest absolute Gasteiger partial charge is 0.505 e. The number of carbonyl (C=O) groups excluding carboxylic acids is 2. The molecule has 3 rings (SSSR count). The molecule has 0 spiro atoms. The van der Waals surface area contributed by atoms with Crippen molar-refractivity contribution in [1.82, 2.24) is 14.8 Å². The SMILES string of the molecule is CN(C)C(=O)c1ncc(O)c2c1CCN(Cc1ccc(F)c(Cl)c1)C2=O. The van der Waals surface area contributed by atoms with Crippen LogP contribution in [0.25, 0.3) is 0 Å². The molecule has 1 aliphatic rings. The third kappa shape index (κ3) is 3.22. The molecule has 0 unspecified atom stereocenters. The van der Waals surface area contributed by atoms with Crippen molar-refractivity contribution < 1.29 is 19.1 Å². The van der Waals surface area contributed by atoms with E-state index in [9.17, 15) is 19.1 Å². The van der Waals surface area contributed by atoms with Gasteiger partial charge >= 0.3 is 0 Å². The fourth-order valence-electron chi connectivity index (χ4n) is 2.93. The van der Waals surface area contributed by atoms with Crippen LogP contribution in [-0.4, -0.2) is 52.3 Å². The average molecular weight is 378 g/mol. The zero-order valence-corrected chi connectivity index (χ0v) is 15.0. The quantitative estimate of drug-likeness (QED) is 0.891. The van der Waals surface area contributed by atoms with Gasteiger partial charge in [-0.1, -0.05) is 17.7 Å². The van der Waals surface area contributed by atoms with E-state index < -0.39 is 11.7 Å². The van der Waals surface area contributed by atoms with E-state index in [-0.39, 0.29) is 34.5 Å². The normalized spacial score (nSPS) is 13.5. The lowest BCUT2D eigenvalue weighted by Crippen LogP contribution is -2.38. The standard InChI is InChI=1S/C18H17ClFN3O3/c1-22(2)18(26)16-11-5-6-23(17(25)15(11)14(24)8-21-16)9-10-3-4-13(20)12(19)7-10/h3-4,7-8,24H,5-6,9H2,1-2H3. The first-order valence-corrected chi connectivity index (χ1v) is 8.33. The molecule has 136 valence electrons. The topological polar surface area (TPSA) is 73.7 Å². The Morgan fingerprint density at radius 2 is 2.15 bits per heavy atom. The molecule has 1 aromatic heterocycles. The van der Waals surface area contributed by atoms with Crippen LogP contribution in [0.4, 0.5) is 4.39 Å². The molecule has 1 aliphatic heterocycles. The number of benzene rings is 1. The van der Waals surface area contributed by atoms with Crippen LogP contribution in [0, 0.1) is 5.82 Å². The predicted molar refractivity (Wildman–Crippen MR) is 93.8 cm³/mol. The first-order chi connectivity index (χ1) is 12.3. The van der Waals surface area contributed by atoms with Gasteiger partial charge in [0.15, 0.2) is 0 Å². The maximum Gasteiger partial charge on any atom is 0.272 e. The number of aromatic hydroxyl groups is 1. The molecule has 26 heavy (non-hydrogen) atoms. The summed E-state index contributed by atoms with van der Waals surface area (Å²) in [5, 5.41) is 10.1. The number of amides is 2. The van der Waals surface area contributed by atoms with E-state index in [4.69, 9.17) is 11.6 Å². The number of hydrogen-bond donors (Lipinski definition) is 1. The van der Waals surface area contributed by atoms with E-state index in [1.807, 2.05) is 0 Å². The van der Waals surface area contributed by atoms with Crippen LogP contribution in [0.1, 0.15) is 32.0 Å². The highest BCUT2D eigenvalue weighted by molar-refractivity contribution is 6.30. The van der Waals surface area contributed by atoms with Gasteiger partial charge in [0.05, 0.1) is 16.8 Å². The van der Waals surface area contributed by atoms with Crippen LogP contribution < -0.4 is 0 Å². The summed E-state index contributed by atoms with van der Waals surface area (Å²) in [5.74, 6) is -1.52. The van der Waals surface area contributed by atoms with Crippen LogP contribution >= 0.6 is 11.6 Å². The number of aromatic nitrogens is 1. The summed E-state index contributed by atoms with van der Waals surface area (Å²) in [6, 6.07) is 4.26. The van der Waals surface area contributed by atoms with Gasteiger partial charge in [-0.25, -0.2) is 9.37 Å². The number of carbonyl (C=O) groups is 2. The van der Waals surface area contributed by atoms with Crippen molar-refractivity contribution in [3.8, 4) is 5.75 Å². The Bertz CT molecular complexity index is 901. The lowest BCUT2D eigenvalue weighted by atomic mass is 9.96. The van der Waals surface area contributed by atoms with Crippen LogP contribution in [-0.2, 0) is 13.0 Å². The lowest BCUT2D eigenvalue weighted by Gasteiger charge is -2.30. The second kappa shape index (κ2) is 6.92. The zero-order valence-electron chi connectivity index (χ0n) is 14.3. The summed E-state index contributed by atoms with van der Waals surface area (Å²) in [5.41, 5.74) is 1.37. The molecule has 8 heteroatoms. The van der Waals surface area contributed by atoms with Crippen molar-refractivity contribution in [3.05, 3.63) is 57.6 Å². The molecule has 0 fully saturated rings. The Hall–Kier alpha value is -2.67. The molecule has 0 bridgehead atoms. The van der Waals surface area contributed by atoms with Crippen LogP contribution in [0.15, 0.2) is 24.4 Å². The molecule has 6 nitrogen and oxygen atoms in total. The minimum Gasteiger partial charge on any atom is -0.505 e. The van der Waals surface area contributed by atoms with Gasteiger partial charge in [0.2, 0.25) is 0 Å². The highest BCUT2D eigenvalue weighted by atomic mass is 35.5. The van der Waals surface area contributed by atoms with Gasteiger partial charge in [0, 0.05) is 32.7 Å². The van der Waals surface area contributed by atoms with Gasteiger partial charge in [-0.15, -0.1) is 0 Å². The smallest absolute Gasteiger partial charge is 0.272 e. The molecule has 0 saturated carbocycles. The maximum atomic E-state index is 13.3. The Balaban J connectivity index is 1.94. The number of hydrogen-bond acceptors (Lipinski definition) is 4. The number of rotatable bonds is 3. The molecule has 2 amide bonds. The van der Waals surface area contributed by atoms with E-state index in [2.05, 4.69) is 4.98 Å². The van der Waals surface area contributed by atoms with Crippen LogP contribution in [0.5, 0.6) is 5.75 Å². The summed E-state index contributed by atoms with van der Waals surface area (Å²) < 4.78 is 13.3. The van der Waals surface area contributed by atoms with Crippen molar-refractivity contribution >= 4 is 23.4 Å². The van der Waals surface area contributed by atoms with Gasteiger partial charge in [0.25, 0.3) is 11.8 Å². The zero-order chi connectivity index (χ0) is 19.0. The minimum atomic E-state index is -0.527. The van der Waals surface area contributed by atoms with E-state index in [0.29, 0.717) is 24.1 Å². The molecule has 0 aliphatic carbocycles. The van der Waals surface area contributed by atoms with Gasteiger partial charge in [-0.3, -0.25) is 9.59 Å². The fraction of sp³-hybridized carbons (Fsp3) is 0.278. The molecular weight excluding hydrogens is 361 g/mol. The van der Waals surface area contributed by atoms with Gasteiger partial charge in [0.1, 0.15) is 17.3 Å². The number of fused-ring (bicyclic) bond motifs is 1. The molecule has 0 saturated heterocycles. The van der Waals surface area contributed by atoms with Crippen LogP contribution in [0.2, 0.25) is 5.02 Å². The van der Waals surface area contributed by atoms with Crippen LogP contribution in [0.3, 0.4) is 0 Å². The Morgan fingerprint density at radius 3 is 2.81 bits per heavy atom. The highest BCUT2D eigenvalue weighted by Crippen LogP contribution is 2.30. The first-order valence-electron chi connectivity index (χ1n) is 7.95. The van der Waals surface area contributed by atoms with E-state index in [0.717, 1.165) is 6.20 Å². The van der Waals surface area contributed by atoms with Crippen molar-refractivity contribution in [2.75, 3.05) is 20.6 Å². The van der Waals surface area contributed by atoms with Crippen molar-refractivity contribution in [1.29, 1.82) is 0 Å². The molecule has 1 N–H and O–H groups in total. The van der Waals surface area contributed by atoms with Gasteiger partial charge < -0.3 is 14.9 Å². The van der Waals surface area contributed by atoms with Crippen molar-refractivity contribution in [2.24, 2.45) is 0 Å². The summed E-state index contributed by atoms with van der Waals surface area (Å²) in [6.07, 6.45) is 1.50. The van der Waals surface area contributed by atoms with Crippen molar-refractivity contribution in [3.63, 3.8) is 0 Å². The minimum absolute atomic E-state index is 0.0155. The second-order valence-corrected chi connectivity index (χ2v) is 6.68. The fourth-order valence-corrected chi connectivity index (χ4v) is 3.14. The lowest BCUT2D eigenvalue weighted by molar-refractivity contribution is 0.0721.